The second-order valence-corrected chi connectivity index (χ2v) is 4.06. The lowest BCUT2D eigenvalue weighted by atomic mass is 10.1. The number of hydrogen-bond donors (Lipinski definition) is 2. The lowest BCUT2D eigenvalue weighted by molar-refractivity contribution is -0.141. The lowest BCUT2D eigenvalue weighted by Crippen LogP contribution is -2.39. The summed E-state index contributed by atoms with van der Waals surface area (Å²) in [5, 5.41) is 11.1. The van der Waals surface area contributed by atoms with Crippen molar-refractivity contribution in [1.29, 1.82) is 0 Å². The van der Waals surface area contributed by atoms with Gasteiger partial charge in [0.15, 0.2) is 0 Å². The number of nitrogens with one attached hydrogen (secondary N) is 1. The molecule has 0 aliphatic carbocycles. The van der Waals surface area contributed by atoms with Crippen molar-refractivity contribution < 1.29 is 19.4 Å². The number of amides is 1. The Labute approximate surface area is 106 Å². The summed E-state index contributed by atoms with van der Waals surface area (Å²) in [5.74, 6) is -1.35. The van der Waals surface area contributed by atoms with Crippen molar-refractivity contribution in [2.75, 3.05) is 7.11 Å². The summed E-state index contributed by atoms with van der Waals surface area (Å²) >= 11 is 0. The highest BCUT2D eigenvalue weighted by molar-refractivity contribution is 5.84. The summed E-state index contributed by atoms with van der Waals surface area (Å²) in [5.41, 5.74) is 1.81. The Balaban J connectivity index is 2.58. The van der Waals surface area contributed by atoms with Crippen LogP contribution in [0.3, 0.4) is 0 Å². The van der Waals surface area contributed by atoms with Crippen molar-refractivity contribution in [3.8, 4) is 0 Å². The lowest BCUT2D eigenvalue weighted by Gasteiger charge is -2.09. The Bertz CT molecular complexity index is 431. The zero-order valence-electron chi connectivity index (χ0n) is 10.5. The van der Waals surface area contributed by atoms with Crippen LogP contribution in [-0.2, 0) is 27.4 Å². The first-order chi connectivity index (χ1) is 8.52. The maximum absolute atomic E-state index is 11.6. The fourth-order valence-electron chi connectivity index (χ4n) is 1.54. The second-order valence-electron chi connectivity index (χ2n) is 4.06. The highest BCUT2D eigenvalue weighted by Gasteiger charge is 2.13. The summed E-state index contributed by atoms with van der Waals surface area (Å²) in [7, 11) is 1.61. The van der Waals surface area contributed by atoms with Crippen LogP contribution in [0.2, 0.25) is 0 Å². The van der Waals surface area contributed by atoms with E-state index in [9.17, 15) is 9.59 Å². The molecular weight excluding hydrogens is 234 g/mol. The van der Waals surface area contributed by atoms with E-state index in [0.717, 1.165) is 11.1 Å². The van der Waals surface area contributed by atoms with Gasteiger partial charge >= 0.3 is 5.97 Å². The van der Waals surface area contributed by atoms with Crippen LogP contribution in [-0.4, -0.2) is 30.1 Å². The largest absolute Gasteiger partial charge is 0.480 e. The zero-order chi connectivity index (χ0) is 13.5. The van der Waals surface area contributed by atoms with Gasteiger partial charge in [-0.1, -0.05) is 24.3 Å². The van der Waals surface area contributed by atoms with Crippen molar-refractivity contribution in [3.63, 3.8) is 0 Å². The molecule has 0 saturated carbocycles. The summed E-state index contributed by atoms with van der Waals surface area (Å²) in [4.78, 5) is 22.2. The average Bonchev–Trinajstić information content (AvgIpc) is 2.29. The van der Waals surface area contributed by atoms with Gasteiger partial charge < -0.3 is 15.2 Å². The summed E-state index contributed by atoms with van der Waals surface area (Å²) in [6.45, 7) is 1.92. The molecule has 0 spiro atoms. The van der Waals surface area contributed by atoms with Crippen molar-refractivity contribution in [2.24, 2.45) is 0 Å². The molecule has 1 rings (SSSR count). The third-order valence-corrected chi connectivity index (χ3v) is 2.41. The van der Waals surface area contributed by atoms with E-state index in [1.807, 2.05) is 24.3 Å². The van der Waals surface area contributed by atoms with Crippen LogP contribution in [0, 0.1) is 0 Å². The van der Waals surface area contributed by atoms with E-state index in [2.05, 4.69) is 5.32 Å². The number of carboxylic acid groups (broad SMARTS) is 1. The molecule has 1 amide bonds. The van der Waals surface area contributed by atoms with Crippen LogP contribution in [0.1, 0.15) is 18.1 Å². The predicted octanol–water partition coefficient (Wildman–Crippen LogP) is 0.965. The third kappa shape index (κ3) is 4.55. The molecule has 2 N–H and O–H groups in total. The van der Waals surface area contributed by atoms with E-state index in [1.54, 1.807) is 7.11 Å². The molecule has 5 nitrogen and oxygen atoms in total. The van der Waals surface area contributed by atoms with Gasteiger partial charge in [-0.2, -0.15) is 0 Å². The van der Waals surface area contributed by atoms with Gasteiger partial charge in [-0.05, 0) is 18.1 Å². The molecule has 0 aromatic heterocycles. The molecule has 0 fully saturated rings. The minimum atomic E-state index is -1.04. The normalized spacial score (nSPS) is 11.9. The summed E-state index contributed by atoms with van der Waals surface area (Å²) in [6, 6.07) is 6.57. The number of benzene rings is 1. The van der Waals surface area contributed by atoms with Crippen LogP contribution in [0.15, 0.2) is 24.3 Å². The van der Waals surface area contributed by atoms with Crippen LogP contribution in [0.25, 0.3) is 0 Å². The molecule has 98 valence electrons. The Hall–Kier alpha value is -1.88. The van der Waals surface area contributed by atoms with E-state index < -0.39 is 12.0 Å². The minimum Gasteiger partial charge on any atom is -0.480 e. The number of aliphatic carboxylic acids is 1. The van der Waals surface area contributed by atoms with Crippen molar-refractivity contribution >= 4 is 11.9 Å². The Morgan fingerprint density at radius 1 is 1.39 bits per heavy atom. The van der Waals surface area contributed by atoms with Crippen LogP contribution in [0.4, 0.5) is 0 Å². The molecular formula is C13H17NO4. The monoisotopic (exact) mass is 251 g/mol. The number of ether oxygens (including phenoxy) is 1. The van der Waals surface area contributed by atoms with Gasteiger partial charge in [0.25, 0.3) is 0 Å². The molecule has 0 heterocycles. The maximum Gasteiger partial charge on any atom is 0.325 e. The van der Waals surface area contributed by atoms with Gasteiger partial charge in [-0.25, -0.2) is 0 Å². The standard InChI is InChI=1S/C13H17NO4/c1-9(13(16)17)14-12(15)7-10-4-3-5-11(6-10)8-18-2/h3-6,9H,7-8H2,1-2H3,(H,14,15)(H,16,17). The van der Waals surface area contributed by atoms with Crippen molar-refractivity contribution in [1.82, 2.24) is 5.32 Å². The van der Waals surface area contributed by atoms with Crippen molar-refractivity contribution in [3.05, 3.63) is 35.4 Å². The summed E-state index contributed by atoms with van der Waals surface area (Å²) in [6.07, 6.45) is 0.162. The third-order valence-electron chi connectivity index (χ3n) is 2.41. The number of carboxylic acids is 1. The van der Waals surface area contributed by atoms with E-state index in [4.69, 9.17) is 9.84 Å². The Morgan fingerprint density at radius 2 is 2.06 bits per heavy atom. The molecule has 1 unspecified atom stereocenters. The molecule has 0 aliphatic heterocycles. The van der Waals surface area contributed by atoms with E-state index >= 15 is 0 Å². The van der Waals surface area contributed by atoms with Crippen LogP contribution in [0.5, 0.6) is 0 Å². The number of carbonyl (C=O) groups excluding carboxylic acids is 1. The minimum absolute atomic E-state index is 0.162. The maximum atomic E-state index is 11.6. The van der Waals surface area contributed by atoms with E-state index in [0.29, 0.717) is 6.61 Å². The molecule has 0 saturated heterocycles. The molecule has 0 aliphatic rings. The van der Waals surface area contributed by atoms with Gasteiger partial charge in [-0.3, -0.25) is 9.59 Å². The first-order valence-corrected chi connectivity index (χ1v) is 5.62. The topological polar surface area (TPSA) is 75.6 Å². The summed E-state index contributed by atoms with van der Waals surface area (Å²) < 4.78 is 5.01. The molecule has 1 aromatic carbocycles. The fourth-order valence-corrected chi connectivity index (χ4v) is 1.54. The van der Waals surface area contributed by atoms with Gasteiger partial charge in [0.2, 0.25) is 5.91 Å². The number of methoxy groups -OCH3 is 1. The van der Waals surface area contributed by atoms with E-state index in [1.165, 1.54) is 6.92 Å². The SMILES string of the molecule is COCc1cccc(CC(=O)NC(C)C(=O)O)c1. The zero-order valence-corrected chi connectivity index (χ0v) is 10.5. The molecule has 1 atom stereocenters. The molecule has 5 heteroatoms. The molecule has 0 radical (unpaired) electrons. The number of carbonyl (C=O) groups is 2. The first-order valence-electron chi connectivity index (χ1n) is 5.62. The number of rotatable bonds is 6. The molecule has 18 heavy (non-hydrogen) atoms. The molecule has 0 bridgehead atoms. The molecule has 1 aromatic rings. The van der Waals surface area contributed by atoms with Gasteiger partial charge in [0.05, 0.1) is 13.0 Å². The quantitative estimate of drug-likeness (QED) is 0.789. The highest BCUT2D eigenvalue weighted by atomic mass is 16.5. The highest BCUT2D eigenvalue weighted by Crippen LogP contribution is 2.07. The van der Waals surface area contributed by atoms with E-state index in [-0.39, 0.29) is 12.3 Å². The van der Waals surface area contributed by atoms with Crippen LogP contribution >= 0.6 is 0 Å². The second kappa shape index (κ2) is 6.76. The predicted molar refractivity (Wildman–Crippen MR) is 66.1 cm³/mol. The Morgan fingerprint density at radius 3 is 2.67 bits per heavy atom. The number of hydrogen-bond acceptors (Lipinski definition) is 3. The average molecular weight is 251 g/mol. The Kier molecular flexibility index (Phi) is 5.32. The van der Waals surface area contributed by atoms with Gasteiger partial charge in [0, 0.05) is 7.11 Å². The van der Waals surface area contributed by atoms with Crippen LogP contribution < -0.4 is 5.32 Å². The fraction of sp³-hybridized carbons (Fsp3) is 0.385. The first kappa shape index (κ1) is 14.2. The van der Waals surface area contributed by atoms with Gasteiger partial charge in [-0.15, -0.1) is 0 Å². The smallest absolute Gasteiger partial charge is 0.325 e. The van der Waals surface area contributed by atoms with Gasteiger partial charge in [0.1, 0.15) is 6.04 Å². The van der Waals surface area contributed by atoms with Crippen molar-refractivity contribution in [2.45, 2.75) is 26.0 Å².